The van der Waals surface area contributed by atoms with Gasteiger partial charge in [-0.3, -0.25) is 0 Å². The minimum Gasteiger partial charge on any atom is -0.192 e. The van der Waals surface area contributed by atoms with Gasteiger partial charge in [-0.05, 0) is 48.9 Å². The Balaban J connectivity index is 2.23. The summed E-state index contributed by atoms with van der Waals surface area (Å²) in [5.41, 5.74) is 2.67. The van der Waals surface area contributed by atoms with Crippen molar-refractivity contribution in [3.63, 3.8) is 0 Å². The number of rotatable bonds is 22. The largest absolute Gasteiger partial charge is 0.192 e. The second-order valence-electron chi connectivity index (χ2n) is 12.0. The van der Waals surface area contributed by atoms with Crippen LogP contribution in [0.2, 0.25) is 0 Å². The van der Waals surface area contributed by atoms with Gasteiger partial charge in [-0.1, -0.05) is 129 Å². The molecule has 0 bridgehead atoms. The molecule has 4 nitrogen and oxygen atoms in total. The van der Waals surface area contributed by atoms with Gasteiger partial charge in [0, 0.05) is 9.06 Å². The highest BCUT2D eigenvalue weighted by Crippen LogP contribution is 2.21. The Bertz CT molecular complexity index is 1350. The molecular formula is C38H52N4S2. The fourth-order valence-corrected chi connectivity index (χ4v) is 8.25. The third-order valence-electron chi connectivity index (χ3n) is 8.36. The number of nitriles is 4. The van der Waals surface area contributed by atoms with Crippen molar-refractivity contribution in [2.45, 2.75) is 155 Å². The van der Waals surface area contributed by atoms with Crippen LogP contribution in [0.5, 0.6) is 0 Å². The number of unbranched alkanes of at least 4 members (excludes halogenated alkanes) is 18. The van der Waals surface area contributed by atoms with E-state index in [1.54, 1.807) is 0 Å². The zero-order valence-electron chi connectivity index (χ0n) is 27.3. The Morgan fingerprint density at radius 3 is 1.00 bits per heavy atom. The number of thiophene rings is 2. The minimum atomic E-state index is 0.153. The molecule has 2 aromatic heterocycles. The van der Waals surface area contributed by atoms with Crippen molar-refractivity contribution in [3.8, 4) is 24.3 Å². The Morgan fingerprint density at radius 2 is 0.727 bits per heavy atom. The first-order valence-electron chi connectivity index (χ1n) is 17.2. The Hall–Kier alpha value is -2.90. The molecule has 44 heavy (non-hydrogen) atoms. The lowest BCUT2D eigenvalue weighted by atomic mass is 10.0. The summed E-state index contributed by atoms with van der Waals surface area (Å²) in [5, 5.41) is 38.4. The van der Waals surface area contributed by atoms with Gasteiger partial charge in [0.15, 0.2) is 0 Å². The first kappa shape index (κ1) is 37.3. The van der Waals surface area contributed by atoms with Gasteiger partial charge in [0.25, 0.3) is 0 Å². The number of hydrogen-bond donors (Lipinski definition) is 0. The summed E-state index contributed by atoms with van der Waals surface area (Å²) in [6.45, 7) is 4.51. The van der Waals surface area contributed by atoms with Gasteiger partial charge in [0.05, 0.1) is 9.06 Å². The van der Waals surface area contributed by atoms with Crippen LogP contribution < -0.4 is 9.06 Å². The molecular weight excluding hydrogens is 577 g/mol. The first-order chi connectivity index (χ1) is 21.6. The summed E-state index contributed by atoms with van der Waals surface area (Å²) in [4.78, 5) is 0. The number of nitrogens with zero attached hydrogens (tertiary/aromatic N) is 4. The molecule has 0 saturated heterocycles. The molecule has 6 heteroatoms. The van der Waals surface area contributed by atoms with Crippen molar-refractivity contribution in [2.75, 3.05) is 0 Å². The van der Waals surface area contributed by atoms with Crippen LogP contribution in [0.15, 0.2) is 12.1 Å². The molecule has 0 aliphatic rings. The molecule has 0 fully saturated rings. The average molecular weight is 629 g/mol. The lowest BCUT2D eigenvalue weighted by molar-refractivity contribution is 0.556. The predicted octanol–water partition coefficient (Wildman–Crippen LogP) is 10.4. The Morgan fingerprint density at radius 1 is 0.455 bits per heavy atom. The fourth-order valence-electron chi connectivity index (χ4n) is 5.74. The smallest absolute Gasteiger partial charge is 0.146 e. The first-order valence-corrected chi connectivity index (χ1v) is 18.9. The van der Waals surface area contributed by atoms with Crippen LogP contribution in [-0.2, 0) is 12.8 Å². The maximum absolute atomic E-state index is 9.59. The highest BCUT2D eigenvalue weighted by atomic mass is 32.1. The fraction of sp³-hybridized carbons (Fsp3) is 0.632. The van der Waals surface area contributed by atoms with E-state index in [4.69, 9.17) is 0 Å². The lowest BCUT2D eigenvalue weighted by Crippen LogP contribution is -1.95. The molecule has 0 spiro atoms. The average Bonchev–Trinajstić information content (AvgIpc) is 3.64. The lowest BCUT2D eigenvalue weighted by Gasteiger charge is -2.03. The summed E-state index contributed by atoms with van der Waals surface area (Å²) < 4.78 is 3.65. The molecule has 0 N–H and O–H groups in total. The molecule has 0 saturated carbocycles. The number of hydrogen-bond acceptors (Lipinski definition) is 6. The van der Waals surface area contributed by atoms with Gasteiger partial charge in [-0.15, -0.1) is 22.7 Å². The second kappa shape index (κ2) is 23.5. The SMILES string of the molecule is CCCCCCCCCCCCc1cc(=C(C#N)C#N)s/c1=c1/sc(=C(C#N)C#N)cc1CCCCCCCCCCCC. The van der Waals surface area contributed by atoms with Crippen molar-refractivity contribution in [2.24, 2.45) is 0 Å². The van der Waals surface area contributed by atoms with Gasteiger partial charge < -0.3 is 0 Å². The van der Waals surface area contributed by atoms with Crippen LogP contribution in [0.25, 0.3) is 11.1 Å². The van der Waals surface area contributed by atoms with Crippen LogP contribution >= 0.6 is 22.7 Å². The maximum Gasteiger partial charge on any atom is 0.146 e. The molecule has 0 aliphatic heterocycles. The van der Waals surface area contributed by atoms with Crippen LogP contribution in [0.3, 0.4) is 0 Å². The van der Waals surface area contributed by atoms with Crippen molar-refractivity contribution in [1.29, 1.82) is 21.0 Å². The molecule has 0 amide bonds. The second-order valence-corrected chi connectivity index (χ2v) is 14.1. The van der Waals surface area contributed by atoms with E-state index in [-0.39, 0.29) is 11.1 Å². The molecule has 0 atom stereocenters. The van der Waals surface area contributed by atoms with Crippen molar-refractivity contribution in [3.05, 3.63) is 41.4 Å². The quantitative estimate of drug-likeness (QED) is 0.121. The summed E-state index contributed by atoms with van der Waals surface area (Å²) in [7, 11) is 0. The highest BCUT2D eigenvalue weighted by molar-refractivity contribution is 7.11. The van der Waals surface area contributed by atoms with Crippen molar-refractivity contribution < 1.29 is 0 Å². The zero-order chi connectivity index (χ0) is 31.8. The molecule has 0 radical (unpaired) electrons. The van der Waals surface area contributed by atoms with E-state index in [0.717, 1.165) is 43.8 Å². The predicted molar refractivity (Wildman–Crippen MR) is 186 cm³/mol. The zero-order valence-corrected chi connectivity index (χ0v) is 28.9. The van der Waals surface area contributed by atoms with Gasteiger partial charge in [0.1, 0.15) is 35.4 Å². The van der Waals surface area contributed by atoms with Crippen LogP contribution in [0.4, 0.5) is 0 Å². The van der Waals surface area contributed by atoms with Crippen LogP contribution in [-0.4, -0.2) is 0 Å². The standard InChI is InChI=1S/C38H52N4S2/c1-3-5-7-9-11-13-15-17-19-21-23-31-25-35(33(27-39)28-40)43-37(31)38-32(26-36(44-38)34(29-41)30-42)24-22-20-18-16-14-12-10-8-6-4-2/h25-26H,3-24H2,1-2H3/b38-37+. The van der Waals surface area contributed by atoms with Gasteiger partial charge >= 0.3 is 0 Å². The van der Waals surface area contributed by atoms with Crippen LogP contribution in [0, 0.1) is 54.4 Å². The van der Waals surface area contributed by atoms with Crippen molar-refractivity contribution in [1.82, 2.24) is 0 Å². The summed E-state index contributed by atoms with van der Waals surface area (Å²) in [5.74, 6) is 0. The topological polar surface area (TPSA) is 95.2 Å². The van der Waals surface area contributed by atoms with E-state index in [9.17, 15) is 21.0 Å². The van der Waals surface area contributed by atoms with Gasteiger partial charge in [-0.2, -0.15) is 21.0 Å². The van der Waals surface area contributed by atoms with Gasteiger partial charge in [0.2, 0.25) is 0 Å². The summed E-state index contributed by atoms with van der Waals surface area (Å²) in [6, 6.07) is 12.4. The van der Waals surface area contributed by atoms with E-state index in [1.165, 1.54) is 149 Å². The molecule has 2 rings (SSSR count). The Labute approximate surface area is 274 Å². The third kappa shape index (κ3) is 13.4. The monoisotopic (exact) mass is 628 g/mol. The molecule has 2 aromatic rings. The highest BCUT2D eigenvalue weighted by Gasteiger charge is 2.10. The van der Waals surface area contributed by atoms with E-state index in [1.807, 2.05) is 12.1 Å². The van der Waals surface area contributed by atoms with Crippen molar-refractivity contribution >= 4 is 33.8 Å². The third-order valence-corrected chi connectivity index (χ3v) is 10.9. The molecule has 0 unspecified atom stereocenters. The molecule has 0 aromatic carbocycles. The summed E-state index contributed by atoms with van der Waals surface area (Å²) >= 11 is 3.03. The molecule has 236 valence electrons. The van der Waals surface area contributed by atoms with Gasteiger partial charge in [-0.25, -0.2) is 0 Å². The molecule has 2 heterocycles. The van der Waals surface area contributed by atoms with E-state index >= 15 is 0 Å². The van der Waals surface area contributed by atoms with E-state index in [0.29, 0.717) is 0 Å². The normalized spacial score (nSPS) is 11.4. The minimum absolute atomic E-state index is 0.153. The van der Waals surface area contributed by atoms with E-state index in [2.05, 4.69) is 38.1 Å². The summed E-state index contributed by atoms with van der Waals surface area (Å²) in [6.07, 6.45) is 27.4. The van der Waals surface area contributed by atoms with Crippen LogP contribution in [0.1, 0.15) is 153 Å². The molecule has 0 aliphatic carbocycles. The maximum atomic E-state index is 9.59. The number of aryl methyl sites for hydroxylation is 2. The van der Waals surface area contributed by atoms with E-state index < -0.39 is 0 Å². The Kier molecular flexibility index (Phi) is 19.9.